The highest BCUT2D eigenvalue weighted by atomic mass is 16.4. The van der Waals surface area contributed by atoms with Gasteiger partial charge < -0.3 is 31.5 Å². The molecule has 0 aromatic rings. The minimum atomic E-state index is -1.24. The maximum atomic E-state index is 12.9. The Bertz CT molecular complexity index is 541. The number of carbonyl (C=O) groups is 4. The summed E-state index contributed by atoms with van der Waals surface area (Å²) in [5.74, 6) is -3.14. The van der Waals surface area contributed by atoms with Crippen LogP contribution in [0.4, 0.5) is 0 Å². The van der Waals surface area contributed by atoms with E-state index in [4.69, 9.17) is 5.73 Å². The van der Waals surface area contributed by atoms with Gasteiger partial charge >= 0.3 is 5.97 Å². The molecule has 0 spiro atoms. The van der Waals surface area contributed by atoms with Gasteiger partial charge in [0.15, 0.2) is 0 Å². The van der Waals surface area contributed by atoms with Crippen LogP contribution in [0.25, 0.3) is 0 Å². The third-order valence-electron chi connectivity index (χ3n) is 4.62. The molecule has 0 aromatic heterocycles. The van der Waals surface area contributed by atoms with Gasteiger partial charge in [-0.25, -0.2) is 4.79 Å². The first-order valence-corrected chi connectivity index (χ1v) is 8.70. The molecule has 0 radical (unpaired) electrons. The molecular weight excluding hydrogens is 344 g/mol. The van der Waals surface area contributed by atoms with Crippen molar-refractivity contribution >= 4 is 23.7 Å². The highest BCUT2D eigenvalue weighted by Crippen LogP contribution is 2.21. The Hall–Kier alpha value is -2.20. The van der Waals surface area contributed by atoms with Gasteiger partial charge in [-0.3, -0.25) is 14.4 Å². The molecule has 10 heteroatoms. The third-order valence-corrected chi connectivity index (χ3v) is 4.62. The number of nitrogens with two attached hydrogens (primary N) is 1. The van der Waals surface area contributed by atoms with Gasteiger partial charge in [-0.15, -0.1) is 0 Å². The Morgan fingerprint density at radius 2 is 1.92 bits per heavy atom. The molecule has 148 valence electrons. The molecule has 26 heavy (non-hydrogen) atoms. The van der Waals surface area contributed by atoms with Crippen molar-refractivity contribution in [3.63, 3.8) is 0 Å². The van der Waals surface area contributed by atoms with E-state index in [0.717, 1.165) is 0 Å². The fourth-order valence-electron chi connectivity index (χ4n) is 2.85. The van der Waals surface area contributed by atoms with Crippen molar-refractivity contribution in [2.24, 2.45) is 11.7 Å². The Labute approximate surface area is 152 Å². The second-order valence-corrected chi connectivity index (χ2v) is 6.41. The first kappa shape index (κ1) is 21.8. The lowest BCUT2D eigenvalue weighted by molar-refractivity contribution is -0.150. The summed E-state index contributed by atoms with van der Waals surface area (Å²) in [6.07, 6.45) is 1.52. The van der Waals surface area contributed by atoms with Crippen LogP contribution in [0.15, 0.2) is 0 Å². The quantitative estimate of drug-likeness (QED) is 0.313. The zero-order valence-corrected chi connectivity index (χ0v) is 15.1. The van der Waals surface area contributed by atoms with Gasteiger partial charge in [0.1, 0.15) is 18.1 Å². The molecule has 1 aliphatic heterocycles. The van der Waals surface area contributed by atoms with Gasteiger partial charge in [0, 0.05) is 6.54 Å². The summed E-state index contributed by atoms with van der Waals surface area (Å²) in [5.41, 5.74) is 5.18. The monoisotopic (exact) mass is 372 g/mol. The number of nitrogens with one attached hydrogen (secondary N) is 2. The summed E-state index contributed by atoms with van der Waals surface area (Å²) < 4.78 is 0. The van der Waals surface area contributed by atoms with Gasteiger partial charge in [-0.05, 0) is 18.8 Å². The van der Waals surface area contributed by atoms with Crippen molar-refractivity contribution in [1.82, 2.24) is 15.5 Å². The van der Waals surface area contributed by atoms with Crippen LogP contribution in [-0.2, 0) is 19.2 Å². The molecule has 6 N–H and O–H groups in total. The normalized spacial score (nSPS) is 20.2. The Morgan fingerprint density at radius 3 is 2.42 bits per heavy atom. The van der Waals surface area contributed by atoms with Crippen molar-refractivity contribution in [2.45, 2.75) is 51.2 Å². The fourth-order valence-corrected chi connectivity index (χ4v) is 2.85. The lowest BCUT2D eigenvalue weighted by atomic mass is 9.97. The maximum absolute atomic E-state index is 12.9. The first-order chi connectivity index (χ1) is 12.3. The summed E-state index contributed by atoms with van der Waals surface area (Å²) in [5, 5.41) is 23.4. The zero-order chi connectivity index (χ0) is 19.9. The second kappa shape index (κ2) is 10.1. The van der Waals surface area contributed by atoms with Crippen LogP contribution < -0.4 is 16.4 Å². The SMILES string of the molecule is CCC(C)C(NC(=O)C(CO)NC(=O)CN)C(=O)N1CCCC1C(=O)O. The standard InChI is InChI=1S/C16H28N4O6/c1-3-9(2)13(15(24)20-6-4-5-11(20)16(25)26)19-14(23)10(8-21)18-12(22)7-17/h9-11,13,21H,3-8,17H2,1-2H3,(H,18,22)(H,19,23)(H,25,26). The number of likely N-dealkylation sites (tertiary alicyclic amines) is 1. The first-order valence-electron chi connectivity index (χ1n) is 8.70. The number of aliphatic hydroxyl groups is 1. The summed E-state index contributed by atoms with van der Waals surface area (Å²) in [6.45, 7) is 2.93. The van der Waals surface area contributed by atoms with Crippen LogP contribution in [0, 0.1) is 5.92 Å². The molecule has 3 amide bonds. The van der Waals surface area contributed by atoms with Crippen LogP contribution in [0.5, 0.6) is 0 Å². The van der Waals surface area contributed by atoms with Gasteiger partial charge in [0.2, 0.25) is 17.7 Å². The number of carboxylic acids is 1. The molecular formula is C16H28N4O6. The van der Waals surface area contributed by atoms with E-state index in [2.05, 4.69) is 10.6 Å². The Morgan fingerprint density at radius 1 is 1.27 bits per heavy atom. The molecule has 10 nitrogen and oxygen atoms in total. The highest BCUT2D eigenvalue weighted by molar-refractivity contribution is 5.94. The second-order valence-electron chi connectivity index (χ2n) is 6.41. The third kappa shape index (κ3) is 5.40. The van der Waals surface area contributed by atoms with Crippen LogP contribution in [0.1, 0.15) is 33.1 Å². The Balaban J connectivity index is 2.92. The van der Waals surface area contributed by atoms with E-state index in [0.29, 0.717) is 25.8 Å². The molecule has 0 bridgehead atoms. The van der Waals surface area contributed by atoms with Crippen molar-refractivity contribution in [1.29, 1.82) is 0 Å². The number of carbonyl (C=O) groups excluding carboxylic acids is 3. The number of hydrogen-bond acceptors (Lipinski definition) is 6. The minimum absolute atomic E-state index is 0.258. The molecule has 1 saturated heterocycles. The van der Waals surface area contributed by atoms with Crippen LogP contribution in [0.3, 0.4) is 0 Å². The molecule has 1 rings (SSSR count). The van der Waals surface area contributed by atoms with E-state index in [-0.39, 0.29) is 12.5 Å². The summed E-state index contributed by atoms with van der Waals surface area (Å²) in [6, 6.07) is -3.09. The predicted octanol–water partition coefficient (Wildman–Crippen LogP) is -1.97. The van der Waals surface area contributed by atoms with Crippen molar-refractivity contribution in [3.8, 4) is 0 Å². The number of aliphatic carboxylic acids is 1. The number of rotatable bonds is 9. The number of nitrogens with zero attached hydrogens (tertiary/aromatic N) is 1. The van der Waals surface area contributed by atoms with Crippen molar-refractivity contribution < 1.29 is 29.4 Å². The van der Waals surface area contributed by atoms with Crippen molar-refractivity contribution in [3.05, 3.63) is 0 Å². The lowest BCUT2D eigenvalue weighted by Gasteiger charge is -2.31. The molecule has 0 aromatic carbocycles. The minimum Gasteiger partial charge on any atom is -0.480 e. The van der Waals surface area contributed by atoms with Crippen LogP contribution in [-0.4, -0.2) is 76.6 Å². The smallest absolute Gasteiger partial charge is 0.326 e. The largest absolute Gasteiger partial charge is 0.480 e. The van der Waals surface area contributed by atoms with E-state index in [1.54, 1.807) is 6.92 Å². The van der Waals surface area contributed by atoms with Crippen molar-refractivity contribution in [2.75, 3.05) is 19.7 Å². The zero-order valence-electron chi connectivity index (χ0n) is 15.1. The molecule has 0 aliphatic carbocycles. The number of amides is 3. The lowest BCUT2D eigenvalue weighted by Crippen LogP contribution is -2.58. The molecule has 1 aliphatic rings. The van der Waals surface area contributed by atoms with E-state index < -0.39 is 48.4 Å². The molecule has 0 saturated carbocycles. The summed E-state index contributed by atoms with van der Waals surface area (Å²) in [7, 11) is 0. The van der Waals surface area contributed by atoms with Gasteiger partial charge in [0.05, 0.1) is 13.2 Å². The molecule has 1 heterocycles. The highest BCUT2D eigenvalue weighted by Gasteiger charge is 2.39. The average Bonchev–Trinajstić information content (AvgIpc) is 3.12. The van der Waals surface area contributed by atoms with Gasteiger partial charge in [0.25, 0.3) is 0 Å². The molecule has 1 fully saturated rings. The number of hydrogen-bond donors (Lipinski definition) is 5. The number of aliphatic hydroxyl groups excluding tert-OH is 1. The van der Waals surface area contributed by atoms with Crippen LogP contribution in [0.2, 0.25) is 0 Å². The van der Waals surface area contributed by atoms with Gasteiger partial charge in [-0.1, -0.05) is 20.3 Å². The fraction of sp³-hybridized carbons (Fsp3) is 0.750. The van der Waals surface area contributed by atoms with Crippen LogP contribution >= 0.6 is 0 Å². The Kier molecular flexibility index (Phi) is 8.46. The number of carboxylic acid groups (broad SMARTS) is 1. The van der Waals surface area contributed by atoms with E-state index in [1.807, 2.05) is 6.92 Å². The summed E-state index contributed by atoms with van der Waals surface area (Å²) in [4.78, 5) is 49.2. The average molecular weight is 372 g/mol. The maximum Gasteiger partial charge on any atom is 0.326 e. The molecule has 4 atom stereocenters. The van der Waals surface area contributed by atoms with E-state index in [1.165, 1.54) is 4.90 Å². The van der Waals surface area contributed by atoms with Gasteiger partial charge in [-0.2, -0.15) is 0 Å². The summed E-state index contributed by atoms with van der Waals surface area (Å²) >= 11 is 0. The topological polar surface area (TPSA) is 162 Å². The van der Waals surface area contributed by atoms with E-state index in [9.17, 15) is 29.4 Å². The molecule has 4 unspecified atom stereocenters. The predicted molar refractivity (Wildman–Crippen MR) is 91.8 cm³/mol. The van der Waals surface area contributed by atoms with E-state index >= 15 is 0 Å².